The molecule has 0 amide bonds. The Labute approximate surface area is 152 Å². The van der Waals surface area contributed by atoms with E-state index in [4.69, 9.17) is 4.74 Å². The van der Waals surface area contributed by atoms with E-state index in [1.165, 1.54) is 6.92 Å². The summed E-state index contributed by atoms with van der Waals surface area (Å²) < 4.78 is 19.3. The van der Waals surface area contributed by atoms with Crippen molar-refractivity contribution in [2.75, 3.05) is 20.2 Å². The lowest BCUT2D eigenvalue weighted by Crippen LogP contribution is -2.66. The summed E-state index contributed by atoms with van der Waals surface area (Å²) in [5.41, 5.74) is 0.286. The van der Waals surface area contributed by atoms with E-state index in [2.05, 4.69) is 4.98 Å². The number of methoxy groups -OCH3 is 1. The molecule has 6 heteroatoms. The summed E-state index contributed by atoms with van der Waals surface area (Å²) in [4.78, 5) is 6.40. The maximum atomic E-state index is 14.0. The molecule has 5 nitrogen and oxygen atoms in total. The number of hydrogen-bond donors (Lipinski definition) is 2. The van der Waals surface area contributed by atoms with Crippen molar-refractivity contribution >= 4 is 10.9 Å². The van der Waals surface area contributed by atoms with Gasteiger partial charge in [-0.15, -0.1) is 0 Å². The highest BCUT2D eigenvalue weighted by Crippen LogP contribution is 2.45. The van der Waals surface area contributed by atoms with Crippen LogP contribution in [0, 0.1) is 5.92 Å². The Hall–Kier alpha value is -1.76. The van der Waals surface area contributed by atoms with E-state index in [9.17, 15) is 14.6 Å². The van der Waals surface area contributed by atoms with Crippen LogP contribution in [0.3, 0.4) is 0 Å². The van der Waals surface area contributed by atoms with E-state index in [0.29, 0.717) is 12.2 Å². The number of aliphatic hydroxyl groups is 2. The molecule has 2 unspecified atom stereocenters. The molecule has 3 fully saturated rings. The van der Waals surface area contributed by atoms with Gasteiger partial charge in [0.1, 0.15) is 17.5 Å². The van der Waals surface area contributed by atoms with Crippen molar-refractivity contribution in [2.45, 2.75) is 43.7 Å². The van der Waals surface area contributed by atoms with Gasteiger partial charge in [-0.2, -0.15) is 0 Å². The van der Waals surface area contributed by atoms with Gasteiger partial charge < -0.3 is 14.9 Å². The van der Waals surface area contributed by atoms with Crippen molar-refractivity contribution in [3.63, 3.8) is 0 Å². The molecule has 140 valence electrons. The second kappa shape index (κ2) is 6.44. The van der Waals surface area contributed by atoms with Gasteiger partial charge in [-0.25, -0.2) is 4.39 Å². The minimum Gasteiger partial charge on any atom is -0.497 e. The number of alkyl halides is 1. The lowest BCUT2D eigenvalue weighted by atomic mass is 9.69. The predicted molar refractivity (Wildman–Crippen MR) is 96.9 cm³/mol. The molecule has 1 aromatic heterocycles. The lowest BCUT2D eigenvalue weighted by Gasteiger charge is -2.55. The summed E-state index contributed by atoms with van der Waals surface area (Å²) >= 11 is 0. The van der Waals surface area contributed by atoms with Crippen LogP contribution in [0.25, 0.3) is 10.9 Å². The Morgan fingerprint density at radius 2 is 2.19 bits per heavy atom. The van der Waals surface area contributed by atoms with Gasteiger partial charge in [-0.1, -0.05) is 0 Å². The molecule has 3 aliphatic rings. The first-order chi connectivity index (χ1) is 12.4. The fourth-order valence-corrected chi connectivity index (χ4v) is 4.67. The molecule has 0 spiro atoms. The number of rotatable bonds is 4. The number of hydrogen-bond acceptors (Lipinski definition) is 5. The van der Waals surface area contributed by atoms with Crippen molar-refractivity contribution in [1.29, 1.82) is 0 Å². The molecule has 2 N–H and O–H groups in total. The van der Waals surface area contributed by atoms with Gasteiger partial charge in [0, 0.05) is 24.2 Å². The monoisotopic (exact) mass is 360 g/mol. The Morgan fingerprint density at radius 3 is 2.85 bits per heavy atom. The summed E-state index contributed by atoms with van der Waals surface area (Å²) in [6.45, 7) is 2.47. The Morgan fingerprint density at radius 1 is 1.38 bits per heavy atom. The number of aliphatic hydroxyl groups excluding tert-OH is 1. The average molecular weight is 360 g/mol. The summed E-state index contributed by atoms with van der Waals surface area (Å²) in [7, 11) is 1.61. The van der Waals surface area contributed by atoms with Gasteiger partial charge >= 0.3 is 0 Å². The number of pyridine rings is 1. The summed E-state index contributed by atoms with van der Waals surface area (Å²) in [6, 6.07) is 7.31. The molecule has 3 saturated heterocycles. The van der Waals surface area contributed by atoms with Crippen LogP contribution >= 0.6 is 0 Å². The highest BCUT2D eigenvalue weighted by atomic mass is 19.1. The average Bonchev–Trinajstić information content (AvgIpc) is 2.66. The predicted octanol–water partition coefficient (Wildman–Crippen LogP) is 2.46. The van der Waals surface area contributed by atoms with E-state index in [1.54, 1.807) is 13.3 Å². The maximum Gasteiger partial charge on any atom is 0.127 e. The first-order valence-electron chi connectivity index (χ1n) is 9.15. The molecule has 4 heterocycles. The SMILES string of the molecule is COc1ccc2nccc([C@H](O)[C@@H]3C[C@@H]4CCN3C[C@]4(O)C(C)F)c2c1. The van der Waals surface area contributed by atoms with Crippen LogP contribution in [-0.2, 0) is 0 Å². The summed E-state index contributed by atoms with van der Waals surface area (Å²) in [5, 5.41) is 22.7. The molecule has 0 saturated carbocycles. The van der Waals surface area contributed by atoms with Gasteiger partial charge in [-0.05, 0) is 62.1 Å². The second-order valence-electron chi connectivity index (χ2n) is 7.59. The van der Waals surface area contributed by atoms with Gasteiger partial charge in [0.2, 0.25) is 0 Å². The van der Waals surface area contributed by atoms with E-state index in [-0.39, 0.29) is 18.5 Å². The molecule has 26 heavy (non-hydrogen) atoms. The second-order valence-corrected chi connectivity index (χ2v) is 7.59. The number of ether oxygens (including phenoxy) is 1. The molecule has 5 rings (SSSR count). The topological polar surface area (TPSA) is 65.8 Å². The van der Waals surface area contributed by atoms with Gasteiger partial charge in [0.25, 0.3) is 0 Å². The minimum atomic E-state index is -1.31. The van der Waals surface area contributed by atoms with Crippen molar-refractivity contribution in [3.05, 3.63) is 36.0 Å². The van der Waals surface area contributed by atoms with Gasteiger partial charge in [0.05, 0.1) is 18.7 Å². The van der Waals surface area contributed by atoms with E-state index in [0.717, 1.165) is 29.4 Å². The number of aromatic nitrogens is 1. The third-order valence-electron chi connectivity index (χ3n) is 6.28. The standard InChI is InChI=1S/C20H25FN2O3/c1-12(21)20(25)11-23-8-6-13(20)9-18(23)19(24)15-5-7-22-17-4-3-14(26-2)10-16(15)17/h3-5,7,10,12-13,18-19,24-25H,6,8-9,11H2,1-2H3/t12?,13-,18-,19-,20-/m0/s1. The third kappa shape index (κ3) is 2.68. The van der Waals surface area contributed by atoms with E-state index in [1.807, 2.05) is 29.2 Å². The van der Waals surface area contributed by atoms with E-state index < -0.39 is 17.9 Å². The summed E-state index contributed by atoms with van der Waals surface area (Å²) in [6.07, 6.45) is 1.04. The zero-order valence-corrected chi connectivity index (χ0v) is 15.1. The quantitative estimate of drug-likeness (QED) is 0.877. The normalized spacial score (nSPS) is 33.2. The van der Waals surface area contributed by atoms with Crippen LogP contribution in [0.4, 0.5) is 4.39 Å². The number of fused-ring (bicyclic) bond motifs is 4. The fourth-order valence-electron chi connectivity index (χ4n) is 4.67. The molecule has 1 aromatic carbocycles. The van der Waals surface area contributed by atoms with E-state index >= 15 is 0 Å². The summed E-state index contributed by atoms with van der Waals surface area (Å²) in [5.74, 6) is 0.583. The van der Waals surface area contributed by atoms with Gasteiger partial charge in [-0.3, -0.25) is 9.88 Å². The lowest BCUT2D eigenvalue weighted by molar-refractivity contribution is -0.178. The molecule has 0 radical (unpaired) electrons. The minimum absolute atomic E-state index is 0.130. The van der Waals surface area contributed by atoms with Gasteiger partial charge in [0.15, 0.2) is 0 Å². The first kappa shape index (κ1) is 17.6. The molecule has 2 aromatic rings. The molecular weight excluding hydrogens is 335 g/mol. The first-order valence-corrected chi connectivity index (χ1v) is 9.15. The Bertz CT molecular complexity index is 815. The van der Waals surface area contributed by atoms with Crippen molar-refractivity contribution in [3.8, 4) is 5.75 Å². The van der Waals surface area contributed by atoms with Crippen LogP contribution in [0.1, 0.15) is 31.4 Å². The number of halogens is 1. The zero-order valence-electron chi connectivity index (χ0n) is 15.1. The largest absolute Gasteiger partial charge is 0.497 e. The van der Waals surface area contributed by atoms with Crippen LogP contribution in [0.2, 0.25) is 0 Å². The Kier molecular flexibility index (Phi) is 4.37. The number of benzene rings is 1. The van der Waals surface area contributed by atoms with Crippen LogP contribution in [0.15, 0.2) is 30.5 Å². The molecule has 3 aliphatic heterocycles. The number of piperidine rings is 3. The fraction of sp³-hybridized carbons (Fsp3) is 0.550. The smallest absolute Gasteiger partial charge is 0.127 e. The van der Waals surface area contributed by atoms with Crippen molar-refractivity contribution in [2.24, 2.45) is 5.92 Å². The molecular formula is C20H25FN2O3. The number of nitrogens with zero attached hydrogens (tertiary/aromatic N) is 2. The molecule has 6 atom stereocenters. The highest BCUT2D eigenvalue weighted by molar-refractivity contribution is 5.83. The van der Waals surface area contributed by atoms with Crippen molar-refractivity contribution in [1.82, 2.24) is 9.88 Å². The van der Waals surface area contributed by atoms with Crippen LogP contribution in [0.5, 0.6) is 5.75 Å². The van der Waals surface area contributed by atoms with Crippen LogP contribution in [-0.4, -0.2) is 58.1 Å². The third-order valence-corrected chi connectivity index (χ3v) is 6.28. The molecule has 0 aliphatic carbocycles. The maximum absolute atomic E-state index is 14.0. The zero-order chi connectivity index (χ0) is 18.5. The molecule has 2 bridgehead atoms. The van der Waals surface area contributed by atoms with Crippen molar-refractivity contribution < 1.29 is 19.3 Å². The Balaban J connectivity index is 1.67. The van der Waals surface area contributed by atoms with Crippen LogP contribution < -0.4 is 4.74 Å². The highest BCUT2D eigenvalue weighted by Gasteiger charge is 2.53.